The van der Waals surface area contributed by atoms with Gasteiger partial charge in [-0.05, 0) is 25.3 Å². The van der Waals surface area contributed by atoms with E-state index >= 15 is 0 Å². The fourth-order valence-corrected chi connectivity index (χ4v) is 2.98. The van der Waals surface area contributed by atoms with Crippen LogP contribution in [0.1, 0.15) is 31.2 Å². The first kappa shape index (κ1) is 24.1. The molecule has 1 aromatic carbocycles. The highest BCUT2D eigenvalue weighted by atomic mass is 127. The molecule has 27 heavy (non-hydrogen) atoms. The summed E-state index contributed by atoms with van der Waals surface area (Å²) < 4.78 is 5.21. The number of halogens is 1. The summed E-state index contributed by atoms with van der Waals surface area (Å²) in [5, 5.41) is 16.4. The van der Waals surface area contributed by atoms with Crippen LogP contribution < -0.4 is 10.6 Å². The highest BCUT2D eigenvalue weighted by Gasteiger charge is 2.28. The van der Waals surface area contributed by atoms with Crippen molar-refractivity contribution in [2.45, 2.75) is 31.7 Å². The highest BCUT2D eigenvalue weighted by molar-refractivity contribution is 14.0. The number of nitrogens with zero attached hydrogens (tertiary/aromatic N) is 2. The lowest BCUT2D eigenvalue weighted by Crippen LogP contribution is -2.43. The number of guanidine groups is 1. The molecule has 2 rings (SSSR count). The third-order valence-electron chi connectivity index (χ3n) is 4.64. The van der Waals surface area contributed by atoms with E-state index in [1.807, 2.05) is 30.3 Å². The number of hydrogen-bond acceptors (Lipinski definition) is 4. The second-order valence-electron chi connectivity index (χ2n) is 6.70. The highest BCUT2D eigenvalue weighted by Crippen LogP contribution is 2.25. The molecule has 1 unspecified atom stereocenters. The molecule has 0 bridgehead atoms. The fraction of sp³-hybridized carbons (Fsp3) is 0.650. The van der Waals surface area contributed by atoms with Crippen LogP contribution in [0, 0.1) is 0 Å². The molecule has 1 aromatic rings. The summed E-state index contributed by atoms with van der Waals surface area (Å²) in [5.41, 5.74) is 1.12. The second-order valence-corrected chi connectivity index (χ2v) is 6.70. The summed E-state index contributed by atoms with van der Waals surface area (Å²) >= 11 is 0. The number of nitrogens with one attached hydrogen (secondary N) is 2. The summed E-state index contributed by atoms with van der Waals surface area (Å²) in [6.07, 6.45) is 2.60. The van der Waals surface area contributed by atoms with E-state index in [0.29, 0.717) is 6.54 Å². The molecule has 7 heteroatoms. The van der Waals surface area contributed by atoms with Crippen LogP contribution in [0.2, 0.25) is 0 Å². The average molecular weight is 490 g/mol. The summed E-state index contributed by atoms with van der Waals surface area (Å²) in [6, 6.07) is 10.8. The van der Waals surface area contributed by atoms with Crippen molar-refractivity contribution < 1.29 is 9.84 Å². The van der Waals surface area contributed by atoms with Crippen molar-refractivity contribution in [2.24, 2.45) is 4.99 Å². The molecule has 154 valence electrons. The Morgan fingerprint density at radius 3 is 2.59 bits per heavy atom. The van der Waals surface area contributed by atoms with Gasteiger partial charge < -0.3 is 20.5 Å². The third kappa shape index (κ3) is 9.23. The third-order valence-corrected chi connectivity index (χ3v) is 4.64. The Balaban J connectivity index is 0.00000364. The summed E-state index contributed by atoms with van der Waals surface area (Å²) in [5.74, 6) is 0.834. The Morgan fingerprint density at radius 2 is 2.00 bits per heavy atom. The van der Waals surface area contributed by atoms with Crippen LogP contribution in [0.3, 0.4) is 0 Å². The van der Waals surface area contributed by atoms with Gasteiger partial charge >= 0.3 is 0 Å². The lowest BCUT2D eigenvalue weighted by Gasteiger charge is -2.22. The normalized spacial score (nSPS) is 15.3. The fourth-order valence-electron chi connectivity index (χ4n) is 2.98. The number of aliphatic hydroxyl groups is 1. The zero-order chi connectivity index (χ0) is 18.6. The Labute approximate surface area is 180 Å². The predicted octanol–water partition coefficient (Wildman–Crippen LogP) is 2.05. The number of aliphatic imine (C=N–C) groups is 1. The van der Waals surface area contributed by atoms with Crippen molar-refractivity contribution in [3.63, 3.8) is 0 Å². The van der Waals surface area contributed by atoms with E-state index in [4.69, 9.17) is 4.74 Å². The van der Waals surface area contributed by atoms with E-state index in [9.17, 15) is 5.11 Å². The van der Waals surface area contributed by atoms with Gasteiger partial charge in [0, 0.05) is 45.2 Å². The van der Waals surface area contributed by atoms with Gasteiger partial charge in [-0.25, -0.2) is 0 Å². The number of aliphatic hydroxyl groups excluding tert-OH is 1. The van der Waals surface area contributed by atoms with E-state index in [2.05, 4.69) is 27.4 Å². The zero-order valence-electron chi connectivity index (χ0n) is 16.6. The van der Waals surface area contributed by atoms with E-state index < -0.39 is 0 Å². The van der Waals surface area contributed by atoms with Gasteiger partial charge in [-0.1, -0.05) is 30.3 Å². The molecule has 0 aliphatic heterocycles. The van der Waals surface area contributed by atoms with Crippen molar-refractivity contribution in [1.82, 2.24) is 15.5 Å². The molecule has 1 aliphatic rings. The molecule has 1 fully saturated rings. The number of hydrogen-bond donors (Lipinski definition) is 3. The first-order valence-corrected chi connectivity index (χ1v) is 9.69. The van der Waals surface area contributed by atoms with Crippen LogP contribution >= 0.6 is 24.0 Å². The Bertz CT molecular complexity index is 526. The van der Waals surface area contributed by atoms with Crippen molar-refractivity contribution in [3.05, 3.63) is 35.9 Å². The number of ether oxygens (including phenoxy) is 1. The maximum absolute atomic E-state index is 9.69. The minimum atomic E-state index is 0. The molecule has 0 saturated heterocycles. The molecule has 0 heterocycles. The van der Waals surface area contributed by atoms with Crippen molar-refractivity contribution >= 4 is 29.9 Å². The molecule has 1 atom stereocenters. The quantitative estimate of drug-likeness (QED) is 0.238. The van der Waals surface area contributed by atoms with Crippen LogP contribution in [0.25, 0.3) is 0 Å². The lowest BCUT2D eigenvalue weighted by molar-refractivity contribution is 0.144. The number of rotatable bonds is 12. The van der Waals surface area contributed by atoms with Gasteiger partial charge in [-0.3, -0.25) is 9.89 Å². The summed E-state index contributed by atoms with van der Waals surface area (Å²) in [4.78, 5) is 7.16. The van der Waals surface area contributed by atoms with E-state index in [0.717, 1.165) is 50.4 Å². The standard InChI is InChI=1S/C20H34N4O2.HI/c1-3-21-20(22-11-12-24(13-14-26-2)19-9-10-19)23-15-18(16-25)17-7-5-4-6-8-17;/h4-8,18-19,25H,3,9-16H2,1-2H3,(H2,21,22,23);1H. The average Bonchev–Trinajstić information content (AvgIpc) is 3.51. The van der Waals surface area contributed by atoms with Crippen LogP contribution in [-0.2, 0) is 4.74 Å². The predicted molar refractivity (Wildman–Crippen MR) is 122 cm³/mol. The van der Waals surface area contributed by atoms with Gasteiger partial charge in [-0.2, -0.15) is 0 Å². The monoisotopic (exact) mass is 490 g/mol. The van der Waals surface area contributed by atoms with Crippen molar-refractivity contribution in [1.29, 1.82) is 0 Å². The largest absolute Gasteiger partial charge is 0.396 e. The van der Waals surface area contributed by atoms with Gasteiger partial charge in [-0.15, -0.1) is 24.0 Å². The molecule has 1 aliphatic carbocycles. The van der Waals surface area contributed by atoms with Crippen LogP contribution in [0.4, 0.5) is 0 Å². The number of methoxy groups -OCH3 is 1. The van der Waals surface area contributed by atoms with E-state index in [1.165, 1.54) is 12.8 Å². The first-order chi connectivity index (χ1) is 12.8. The number of benzene rings is 1. The zero-order valence-corrected chi connectivity index (χ0v) is 18.9. The van der Waals surface area contributed by atoms with E-state index in [1.54, 1.807) is 7.11 Å². The molecule has 6 nitrogen and oxygen atoms in total. The summed E-state index contributed by atoms with van der Waals surface area (Å²) in [7, 11) is 1.75. The minimum absolute atomic E-state index is 0. The van der Waals surface area contributed by atoms with Crippen molar-refractivity contribution in [2.75, 3.05) is 53.0 Å². The Hall–Kier alpha value is -0.900. The molecule has 3 N–H and O–H groups in total. The topological polar surface area (TPSA) is 69.1 Å². The molecule has 0 spiro atoms. The van der Waals surface area contributed by atoms with Gasteiger partial charge in [0.2, 0.25) is 0 Å². The first-order valence-electron chi connectivity index (χ1n) is 9.69. The van der Waals surface area contributed by atoms with Gasteiger partial charge in [0.05, 0.1) is 19.8 Å². The summed E-state index contributed by atoms with van der Waals surface area (Å²) in [6.45, 7) is 7.13. The van der Waals surface area contributed by atoms with Crippen LogP contribution in [0.15, 0.2) is 35.3 Å². The molecular formula is C20H35IN4O2. The van der Waals surface area contributed by atoms with Gasteiger partial charge in [0.15, 0.2) is 5.96 Å². The van der Waals surface area contributed by atoms with Gasteiger partial charge in [0.1, 0.15) is 0 Å². The Kier molecular flexibility index (Phi) is 12.6. The smallest absolute Gasteiger partial charge is 0.191 e. The molecule has 0 aromatic heterocycles. The molecule has 0 amide bonds. The molecule has 0 radical (unpaired) electrons. The van der Waals surface area contributed by atoms with Crippen LogP contribution in [0.5, 0.6) is 0 Å². The maximum Gasteiger partial charge on any atom is 0.191 e. The minimum Gasteiger partial charge on any atom is -0.396 e. The Morgan fingerprint density at radius 1 is 1.26 bits per heavy atom. The van der Waals surface area contributed by atoms with Crippen molar-refractivity contribution in [3.8, 4) is 0 Å². The lowest BCUT2D eigenvalue weighted by atomic mass is 10.0. The SMILES string of the molecule is CCNC(=NCC(CO)c1ccccc1)NCCN(CCOC)C1CC1.I. The molecular weight excluding hydrogens is 455 g/mol. The van der Waals surface area contributed by atoms with Gasteiger partial charge in [0.25, 0.3) is 0 Å². The van der Waals surface area contributed by atoms with E-state index in [-0.39, 0.29) is 36.5 Å². The maximum atomic E-state index is 9.69. The molecule has 1 saturated carbocycles. The second kappa shape index (κ2) is 14.1. The van der Waals surface area contributed by atoms with Crippen LogP contribution in [-0.4, -0.2) is 75.1 Å².